The predicted octanol–water partition coefficient (Wildman–Crippen LogP) is 3.37. The quantitative estimate of drug-likeness (QED) is 0.899. The van der Waals surface area contributed by atoms with Gasteiger partial charge in [0.05, 0.1) is 0 Å². The van der Waals surface area contributed by atoms with Crippen molar-refractivity contribution in [2.45, 2.75) is 26.3 Å². The van der Waals surface area contributed by atoms with Gasteiger partial charge in [-0.2, -0.15) is 0 Å². The highest BCUT2D eigenvalue weighted by Crippen LogP contribution is 2.22. The Labute approximate surface area is 145 Å². The summed E-state index contributed by atoms with van der Waals surface area (Å²) in [5.41, 5.74) is 3.42. The number of benzene rings is 2. The molecule has 0 radical (unpaired) electrons. The Balaban J connectivity index is 1.63. The second kappa shape index (κ2) is 6.93. The van der Waals surface area contributed by atoms with Gasteiger partial charge in [0.15, 0.2) is 0 Å². The van der Waals surface area contributed by atoms with Crippen LogP contribution in [0.15, 0.2) is 42.5 Å². The number of nitrogens with one attached hydrogen (secondary N) is 2. The molecule has 1 aliphatic rings. The van der Waals surface area contributed by atoms with Gasteiger partial charge in [-0.1, -0.05) is 12.1 Å². The first-order chi connectivity index (χ1) is 12.0. The smallest absolute Gasteiger partial charge is 0.319 e. The molecule has 0 saturated carbocycles. The number of carbonyl (C=O) groups is 2. The van der Waals surface area contributed by atoms with Gasteiger partial charge in [-0.25, -0.2) is 9.18 Å². The van der Waals surface area contributed by atoms with E-state index in [1.54, 1.807) is 17.0 Å². The summed E-state index contributed by atoms with van der Waals surface area (Å²) in [6.07, 6.45) is 0.510. The number of aryl methyl sites for hydroxylation is 1. The molecule has 1 atom stereocenters. The summed E-state index contributed by atoms with van der Waals surface area (Å²) in [4.78, 5) is 26.3. The molecule has 2 aromatic carbocycles. The Bertz CT molecular complexity index is 805. The Morgan fingerprint density at radius 3 is 2.60 bits per heavy atom. The topological polar surface area (TPSA) is 61.4 Å². The van der Waals surface area contributed by atoms with E-state index in [4.69, 9.17) is 0 Å². The zero-order valence-corrected chi connectivity index (χ0v) is 14.2. The van der Waals surface area contributed by atoms with E-state index < -0.39 is 12.1 Å². The van der Waals surface area contributed by atoms with Crippen LogP contribution in [0.4, 0.5) is 20.6 Å². The molecule has 2 aromatic rings. The maximum Gasteiger partial charge on any atom is 0.319 e. The number of hydrogen-bond acceptors (Lipinski definition) is 2. The first kappa shape index (κ1) is 17.0. The maximum absolute atomic E-state index is 13.0. The van der Waals surface area contributed by atoms with Crippen molar-refractivity contribution >= 4 is 23.3 Å². The SMILES string of the molecule is Cc1cccc(NC(=O)N[C@H]2CCN(c3ccc(F)cc3)C2=O)c1C. The summed E-state index contributed by atoms with van der Waals surface area (Å²) in [7, 11) is 0. The van der Waals surface area contributed by atoms with Crippen LogP contribution in [0.1, 0.15) is 17.5 Å². The van der Waals surface area contributed by atoms with Crippen LogP contribution in [0.3, 0.4) is 0 Å². The van der Waals surface area contributed by atoms with E-state index in [1.165, 1.54) is 12.1 Å². The Kier molecular flexibility index (Phi) is 4.70. The lowest BCUT2D eigenvalue weighted by Crippen LogP contribution is -2.43. The molecule has 0 unspecified atom stereocenters. The van der Waals surface area contributed by atoms with Crippen LogP contribution in [0.25, 0.3) is 0 Å². The zero-order chi connectivity index (χ0) is 18.0. The van der Waals surface area contributed by atoms with Crippen molar-refractivity contribution in [3.8, 4) is 0 Å². The second-order valence-electron chi connectivity index (χ2n) is 6.15. The Morgan fingerprint density at radius 2 is 1.88 bits per heavy atom. The number of urea groups is 1. The fourth-order valence-electron chi connectivity index (χ4n) is 2.89. The molecule has 6 heteroatoms. The molecule has 0 aliphatic carbocycles. The van der Waals surface area contributed by atoms with E-state index in [-0.39, 0.29) is 11.7 Å². The number of halogens is 1. The van der Waals surface area contributed by atoms with Crippen LogP contribution < -0.4 is 15.5 Å². The van der Waals surface area contributed by atoms with Crippen LogP contribution in [0.5, 0.6) is 0 Å². The summed E-state index contributed by atoms with van der Waals surface area (Å²) in [5, 5.41) is 5.51. The van der Waals surface area contributed by atoms with E-state index in [2.05, 4.69) is 10.6 Å². The van der Waals surface area contributed by atoms with Gasteiger partial charge >= 0.3 is 6.03 Å². The van der Waals surface area contributed by atoms with E-state index in [1.807, 2.05) is 32.0 Å². The molecule has 3 rings (SSSR count). The summed E-state index contributed by atoms with van der Waals surface area (Å²) in [5.74, 6) is -0.541. The lowest BCUT2D eigenvalue weighted by molar-refractivity contribution is -0.118. The molecule has 130 valence electrons. The summed E-state index contributed by atoms with van der Waals surface area (Å²) in [6.45, 7) is 4.39. The Morgan fingerprint density at radius 1 is 1.16 bits per heavy atom. The highest BCUT2D eigenvalue weighted by atomic mass is 19.1. The van der Waals surface area contributed by atoms with Gasteiger partial charge in [-0.15, -0.1) is 0 Å². The molecule has 0 spiro atoms. The summed E-state index contributed by atoms with van der Waals surface area (Å²) in [6, 6.07) is 10.4. The molecule has 5 nitrogen and oxygen atoms in total. The predicted molar refractivity (Wildman–Crippen MR) is 95.2 cm³/mol. The van der Waals surface area contributed by atoms with Crippen LogP contribution in [0.2, 0.25) is 0 Å². The molecule has 0 aromatic heterocycles. The third-order valence-electron chi connectivity index (χ3n) is 4.50. The molecule has 0 bridgehead atoms. The minimum absolute atomic E-state index is 0.192. The first-order valence-corrected chi connectivity index (χ1v) is 8.16. The van der Waals surface area contributed by atoms with Crippen molar-refractivity contribution in [1.29, 1.82) is 0 Å². The lowest BCUT2D eigenvalue weighted by atomic mass is 10.1. The van der Waals surface area contributed by atoms with Gasteiger partial charge in [-0.05, 0) is 61.7 Å². The van der Waals surface area contributed by atoms with Crippen molar-refractivity contribution < 1.29 is 14.0 Å². The van der Waals surface area contributed by atoms with Gasteiger partial charge in [0.2, 0.25) is 5.91 Å². The molecule has 1 heterocycles. The minimum Gasteiger partial charge on any atom is -0.326 e. The van der Waals surface area contributed by atoms with Crippen molar-refractivity contribution in [1.82, 2.24) is 5.32 Å². The van der Waals surface area contributed by atoms with E-state index in [0.717, 1.165) is 16.8 Å². The lowest BCUT2D eigenvalue weighted by Gasteiger charge is -2.18. The third kappa shape index (κ3) is 3.63. The van der Waals surface area contributed by atoms with Crippen molar-refractivity contribution in [2.24, 2.45) is 0 Å². The maximum atomic E-state index is 13.0. The van der Waals surface area contributed by atoms with E-state index in [9.17, 15) is 14.0 Å². The normalized spacial score (nSPS) is 16.8. The average Bonchev–Trinajstić information content (AvgIpc) is 2.93. The van der Waals surface area contributed by atoms with Gasteiger partial charge < -0.3 is 15.5 Å². The number of nitrogens with zero attached hydrogens (tertiary/aromatic N) is 1. The number of amides is 3. The molecule has 25 heavy (non-hydrogen) atoms. The van der Waals surface area contributed by atoms with Crippen LogP contribution in [-0.4, -0.2) is 24.5 Å². The van der Waals surface area contributed by atoms with Crippen molar-refractivity contribution in [3.63, 3.8) is 0 Å². The summed E-state index contributed by atoms with van der Waals surface area (Å²) >= 11 is 0. The molecule has 2 N–H and O–H groups in total. The van der Waals surface area contributed by atoms with Crippen LogP contribution >= 0.6 is 0 Å². The first-order valence-electron chi connectivity index (χ1n) is 8.16. The third-order valence-corrected chi connectivity index (χ3v) is 4.50. The summed E-state index contributed by atoms with van der Waals surface area (Å²) < 4.78 is 13.0. The van der Waals surface area contributed by atoms with Crippen molar-refractivity contribution in [3.05, 3.63) is 59.4 Å². The van der Waals surface area contributed by atoms with Crippen molar-refractivity contribution in [2.75, 3.05) is 16.8 Å². The molecular formula is C19H20FN3O2. The molecule has 1 fully saturated rings. The van der Waals surface area contributed by atoms with E-state index in [0.29, 0.717) is 18.7 Å². The largest absolute Gasteiger partial charge is 0.326 e. The number of hydrogen-bond donors (Lipinski definition) is 2. The van der Waals surface area contributed by atoms with Gasteiger partial charge in [0, 0.05) is 17.9 Å². The van der Waals surface area contributed by atoms with Gasteiger partial charge in [0.25, 0.3) is 0 Å². The Hall–Kier alpha value is -2.89. The zero-order valence-electron chi connectivity index (χ0n) is 14.2. The fourth-order valence-corrected chi connectivity index (χ4v) is 2.89. The average molecular weight is 341 g/mol. The highest BCUT2D eigenvalue weighted by Gasteiger charge is 2.33. The molecule has 3 amide bonds. The van der Waals surface area contributed by atoms with Gasteiger partial charge in [-0.3, -0.25) is 4.79 Å². The fraction of sp³-hybridized carbons (Fsp3) is 0.263. The highest BCUT2D eigenvalue weighted by molar-refractivity contribution is 6.02. The monoisotopic (exact) mass is 341 g/mol. The van der Waals surface area contributed by atoms with Gasteiger partial charge in [0.1, 0.15) is 11.9 Å². The number of anilines is 2. The standard InChI is InChI=1S/C19H20FN3O2/c1-12-4-3-5-16(13(12)2)21-19(25)22-17-10-11-23(18(17)24)15-8-6-14(20)7-9-15/h3-9,17H,10-11H2,1-2H3,(H2,21,22,25)/t17-/m0/s1. The molecule has 1 saturated heterocycles. The molecular weight excluding hydrogens is 321 g/mol. The molecule has 1 aliphatic heterocycles. The van der Waals surface area contributed by atoms with Crippen LogP contribution in [-0.2, 0) is 4.79 Å². The number of carbonyl (C=O) groups excluding carboxylic acids is 2. The number of rotatable bonds is 3. The van der Waals surface area contributed by atoms with E-state index >= 15 is 0 Å². The minimum atomic E-state index is -0.588. The second-order valence-corrected chi connectivity index (χ2v) is 6.15. The van der Waals surface area contributed by atoms with Crippen LogP contribution in [0, 0.1) is 19.7 Å².